The van der Waals surface area contributed by atoms with E-state index in [4.69, 9.17) is 0 Å². The highest BCUT2D eigenvalue weighted by molar-refractivity contribution is 6.21. The number of carbonyl (C=O) groups excluding carboxylic acids is 4. The van der Waals surface area contributed by atoms with Crippen LogP contribution in [0.1, 0.15) is 33.6 Å². The lowest BCUT2D eigenvalue weighted by atomic mass is 10.1. The van der Waals surface area contributed by atoms with Crippen molar-refractivity contribution in [1.82, 2.24) is 19.6 Å². The summed E-state index contributed by atoms with van der Waals surface area (Å²) in [4.78, 5) is 56.0. The van der Waals surface area contributed by atoms with Gasteiger partial charge in [-0.05, 0) is 26.2 Å². The first-order valence-corrected chi connectivity index (χ1v) is 9.54. The number of amides is 4. The van der Waals surface area contributed by atoms with E-state index in [1.165, 1.54) is 0 Å². The van der Waals surface area contributed by atoms with Crippen molar-refractivity contribution in [2.45, 2.75) is 12.8 Å². The van der Waals surface area contributed by atoms with Gasteiger partial charge in [-0.3, -0.25) is 24.1 Å². The number of imide groups is 1. The van der Waals surface area contributed by atoms with Crippen LogP contribution in [-0.4, -0.2) is 96.6 Å². The summed E-state index contributed by atoms with van der Waals surface area (Å²) < 4.78 is 0. The van der Waals surface area contributed by atoms with Gasteiger partial charge in [-0.1, -0.05) is 12.1 Å². The van der Waals surface area contributed by atoms with Gasteiger partial charge in [0.1, 0.15) is 0 Å². The lowest BCUT2D eigenvalue weighted by Crippen LogP contribution is -2.51. The molecule has 3 rings (SSSR count). The quantitative estimate of drug-likeness (QED) is 0.657. The Labute approximate surface area is 164 Å². The molecule has 1 fully saturated rings. The van der Waals surface area contributed by atoms with Crippen LogP contribution in [-0.2, 0) is 9.59 Å². The zero-order valence-electron chi connectivity index (χ0n) is 16.4. The summed E-state index contributed by atoms with van der Waals surface area (Å²) in [5.74, 6) is -0.682. The Hall–Kier alpha value is -2.74. The number of hydrogen-bond donors (Lipinski definition) is 0. The van der Waals surface area contributed by atoms with Crippen LogP contribution in [0.5, 0.6) is 0 Å². The van der Waals surface area contributed by atoms with Gasteiger partial charge in [0.05, 0.1) is 11.1 Å². The fourth-order valence-electron chi connectivity index (χ4n) is 3.49. The number of benzene rings is 1. The molecule has 150 valence electrons. The number of fused-ring (bicyclic) bond motifs is 1. The number of rotatable bonds is 6. The third kappa shape index (κ3) is 4.22. The summed E-state index contributed by atoms with van der Waals surface area (Å²) in [6.45, 7) is 2.78. The molecule has 8 heteroatoms. The van der Waals surface area contributed by atoms with Crippen LogP contribution in [0.15, 0.2) is 24.3 Å². The van der Waals surface area contributed by atoms with Crippen molar-refractivity contribution < 1.29 is 19.2 Å². The normalized spacial score (nSPS) is 16.8. The van der Waals surface area contributed by atoms with Crippen molar-refractivity contribution in [3.8, 4) is 0 Å². The molecular formula is C20H26N4O4. The van der Waals surface area contributed by atoms with Crippen molar-refractivity contribution in [3.05, 3.63) is 35.4 Å². The van der Waals surface area contributed by atoms with Crippen LogP contribution in [0.2, 0.25) is 0 Å². The topological polar surface area (TPSA) is 81.2 Å². The lowest BCUT2D eigenvalue weighted by molar-refractivity contribution is -0.139. The van der Waals surface area contributed by atoms with Crippen LogP contribution in [0, 0.1) is 0 Å². The number of nitrogens with zero attached hydrogens (tertiary/aromatic N) is 4. The summed E-state index contributed by atoms with van der Waals surface area (Å²) in [5.41, 5.74) is 0.787. The fraction of sp³-hybridized carbons (Fsp3) is 0.500. The second kappa shape index (κ2) is 8.52. The van der Waals surface area contributed by atoms with Crippen molar-refractivity contribution in [3.63, 3.8) is 0 Å². The van der Waals surface area contributed by atoms with E-state index in [2.05, 4.69) is 0 Å². The maximum absolute atomic E-state index is 12.5. The molecule has 0 N–H and O–H groups in total. The largest absolute Gasteiger partial charge is 0.339 e. The molecule has 2 aliphatic heterocycles. The molecular weight excluding hydrogens is 360 g/mol. The minimum Gasteiger partial charge on any atom is -0.339 e. The molecule has 1 saturated heterocycles. The van der Waals surface area contributed by atoms with Gasteiger partial charge in [-0.2, -0.15) is 0 Å². The Morgan fingerprint density at radius 3 is 1.79 bits per heavy atom. The number of piperazine rings is 1. The predicted molar refractivity (Wildman–Crippen MR) is 103 cm³/mol. The van der Waals surface area contributed by atoms with E-state index in [-0.39, 0.29) is 36.6 Å². The van der Waals surface area contributed by atoms with Crippen LogP contribution in [0.25, 0.3) is 0 Å². The van der Waals surface area contributed by atoms with Gasteiger partial charge in [-0.15, -0.1) is 0 Å². The van der Waals surface area contributed by atoms with Gasteiger partial charge in [0, 0.05) is 52.1 Å². The van der Waals surface area contributed by atoms with E-state index in [1.807, 2.05) is 19.0 Å². The first-order chi connectivity index (χ1) is 13.4. The molecule has 0 radical (unpaired) electrons. The second-order valence-electron chi connectivity index (χ2n) is 7.37. The van der Waals surface area contributed by atoms with Crippen molar-refractivity contribution >= 4 is 23.6 Å². The van der Waals surface area contributed by atoms with Gasteiger partial charge in [0.2, 0.25) is 11.8 Å². The highest BCUT2D eigenvalue weighted by atomic mass is 16.2. The van der Waals surface area contributed by atoms with Gasteiger partial charge < -0.3 is 14.7 Å². The minimum absolute atomic E-state index is 0.0765. The third-order valence-electron chi connectivity index (χ3n) is 5.19. The molecule has 1 aromatic rings. The monoisotopic (exact) mass is 386 g/mol. The van der Waals surface area contributed by atoms with Crippen molar-refractivity contribution in [2.75, 3.05) is 53.4 Å². The molecule has 0 saturated carbocycles. The summed E-state index contributed by atoms with van der Waals surface area (Å²) in [6.07, 6.45) is 0.570. The third-order valence-corrected chi connectivity index (χ3v) is 5.19. The van der Waals surface area contributed by atoms with E-state index in [1.54, 1.807) is 34.1 Å². The number of hydrogen-bond acceptors (Lipinski definition) is 5. The molecule has 0 unspecified atom stereocenters. The van der Waals surface area contributed by atoms with Gasteiger partial charge >= 0.3 is 0 Å². The summed E-state index contributed by atoms with van der Waals surface area (Å²) >= 11 is 0. The van der Waals surface area contributed by atoms with E-state index in [0.29, 0.717) is 50.3 Å². The van der Waals surface area contributed by atoms with Crippen LogP contribution in [0.3, 0.4) is 0 Å². The lowest BCUT2D eigenvalue weighted by Gasteiger charge is -2.35. The molecule has 2 heterocycles. The maximum atomic E-state index is 12.5. The highest BCUT2D eigenvalue weighted by Gasteiger charge is 2.35. The Kier molecular flexibility index (Phi) is 6.08. The molecule has 4 amide bonds. The average molecular weight is 386 g/mol. The Bertz CT molecular complexity index is 749. The molecule has 28 heavy (non-hydrogen) atoms. The van der Waals surface area contributed by atoms with Gasteiger partial charge in [0.15, 0.2) is 0 Å². The Morgan fingerprint density at radius 2 is 1.32 bits per heavy atom. The van der Waals surface area contributed by atoms with Gasteiger partial charge in [0.25, 0.3) is 11.8 Å². The van der Waals surface area contributed by atoms with E-state index < -0.39 is 0 Å². The first-order valence-electron chi connectivity index (χ1n) is 9.54. The summed E-state index contributed by atoms with van der Waals surface area (Å²) in [5, 5.41) is 0. The molecule has 2 aliphatic rings. The molecule has 0 atom stereocenters. The molecule has 8 nitrogen and oxygen atoms in total. The molecule has 0 spiro atoms. The second-order valence-corrected chi connectivity index (χ2v) is 7.37. The standard InChI is InChI=1S/C20H26N4O4/c1-21(2)9-7-17(25)22-11-13-23(14-12-22)18(26)8-10-24-19(27)15-5-3-4-6-16(15)20(24)28/h3-6H,7-14H2,1-2H3. The molecule has 0 aliphatic carbocycles. The molecule has 1 aromatic carbocycles. The maximum Gasteiger partial charge on any atom is 0.261 e. The average Bonchev–Trinajstić information content (AvgIpc) is 2.95. The van der Waals surface area contributed by atoms with E-state index in [0.717, 1.165) is 4.90 Å². The smallest absolute Gasteiger partial charge is 0.261 e. The zero-order valence-corrected chi connectivity index (χ0v) is 16.4. The number of carbonyl (C=O) groups is 4. The highest BCUT2D eigenvalue weighted by Crippen LogP contribution is 2.22. The van der Waals surface area contributed by atoms with Crippen molar-refractivity contribution in [2.24, 2.45) is 0 Å². The predicted octanol–water partition coefficient (Wildman–Crippen LogP) is 0.295. The van der Waals surface area contributed by atoms with Gasteiger partial charge in [-0.25, -0.2) is 0 Å². The molecule has 0 aromatic heterocycles. The van der Waals surface area contributed by atoms with Crippen molar-refractivity contribution in [1.29, 1.82) is 0 Å². The minimum atomic E-state index is -0.343. The van der Waals surface area contributed by atoms with Crippen LogP contribution in [0.4, 0.5) is 0 Å². The zero-order chi connectivity index (χ0) is 20.3. The SMILES string of the molecule is CN(C)CCC(=O)N1CCN(C(=O)CCN2C(=O)c3ccccc3C2=O)CC1. The van der Waals surface area contributed by atoms with Crippen LogP contribution >= 0.6 is 0 Å². The Balaban J connectivity index is 1.46. The Morgan fingerprint density at radius 1 is 0.857 bits per heavy atom. The molecule has 0 bridgehead atoms. The fourth-order valence-corrected chi connectivity index (χ4v) is 3.49. The van der Waals surface area contributed by atoms with Crippen LogP contribution < -0.4 is 0 Å². The summed E-state index contributed by atoms with van der Waals surface area (Å²) in [7, 11) is 3.86. The summed E-state index contributed by atoms with van der Waals surface area (Å²) in [6, 6.07) is 6.70. The van der Waals surface area contributed by atoms with E-state index >= 15 is 0 Å². The van der Waals surface area contributed by atoms with E-state index in [9.17, 15) is 19.2 Å². The first kappa shape index (κ1) is 20.0.